The molecule has 34 heavy (non-hydrogen) atoms. The largest absolute Gasteiger partial charge is 0.493 e. The van der Waals surface area contributed by atoms with Gasteiger partial charge in [-0.15, -0.1) is 0 Å². The molecule has 4 rings (SSSR count). The van der Waals surface area contributed by atoms with E-state index in [1.54, 1.807) is 38.5 Å². The van der Waals surface area contributed by atoms with Crippen molar-refractivity contribution in [2.45, 2.75) is 19.4 Å². The van der Waals surface area contributed by atoms with E-state index >= 15 is 0 Å². The van der Waals surface area contributed by atoms with Crippen LogP contribution in [0.15, 0.2) is 47.0 Å². The Balaban J connectivity index is 1.38. The first-order valence-corrected chi connectivity index (χ1v) is 10.8. The quantitative estimate of drug-likeness (QED) is 0.390. The SMILES string of the molecule is COc1ccc(-c2noc(CN3CCCC(C(=O)Nc4cccc([N+](=O)[O-])c4)C3)n2)cc1OC. The summed E-state index contributed by atoms with van der Waals surface area (Å²) in [5.74, 6) is 1.65. The van der Waals surface area contributed by atoms with Gasteiger partial charge >= 0.3 is 0 Å². The minimum Gasteiger partial charge on any atom is -0.493 e. The molecule has 1 saturated heterocycles. The number of carbonyl (C=O) groups excluding carboxylic acids is 1. The lowest BCUT2D eigenvalue weighted by atomic mass is 9.97. The van der Waals surface area contributed by atoms with Gasteiger partial charge in [-0.3, -0.25) is 19.8 Å². The molecule has 0 saturated carbocycles. The van der Waals surface area contributed by atoms with Gasteiger partial charge in [0.2, 0.25) is 17.6 Å². The minimum absolute atomic E-state index is 0.0650. The van der Waals surface area contributed by atoms with Crippen molar-refractivity contribution in [2.75, 3.05) is 32.6 Å². The Morgan fingerprint density at radius 3 is 2.82 bits per heavy atom. The Hall–Kier alpha value is -3.99. The van der Waals surface area contributed by atoms with Crippen LogP contribution in [-0.2, 0) is 11.3 Å². The number of nitrogens with zero attached hydrogens (tertiary/aromatic N) is 4. The summed E-state index contributed by atoms with van der Waals surface area (Å²) in [6.07, 6.45) is 1.57. The molecule has 1 atom stereocenters. The molecule has 0 spiro atoms. The summed E-state index contributed by atoms with van der Waals surface area (Å²) in [4.78, 5) is 29.8. The van der Waals surface area contributed by atoms with Crippen molar-refractivity contribution >= 4 is 17.3 Å². The summed E-state index contributed by atoms with van der Waals surface area (Å²) in [5, 5.41) is 17.8. The molecule has 2 heterocycles. The zero-order valence-corrected chi connectivity index (χ0v) is 18.9. The molecule has 1 fully saturated rings. The van der Waals surface area contributed by atoms with Crippen LogP contribution in [0.4, 0.5) is 11.4 Å². The number of non-ortho nitro benzene ring substituents is 1. The Bertz CT molecular complexity index is 1180. The van der Waals surface area contributed by atoms with Crippen molar-refractivity contribution < 1.29 is 23.7 Å². The van der Waals surface area contributed by atoms with Crippen LogP contribution in [0.1, 0.15) is 18.7 Å². The first-order chi connectivity index (χ1) is 16.5. The Labute approximate surface area is 195 Å². The molecule has 1 N–H and O–H groups in total. The Kier molecular flexibility index (Phi) is 7.02. The monoisotopic (exact) mass is 467 g/mol. The van der Waals surface area contributed by atoms with Crippen molar-refractivity contribution in [3.63, 3.8) is 0 Å². The number of rotatable bonds is 8. The molecule has 11 heteroatoms. The lowest BCUT2D eigenvalue weighted by Crippen LogP contribution is -2.40. The van der Waals surface area contributed by atoms with E-state index in [0.29, 0.717) is 42.0 Å². The zero-order valence-electron chi connectivity index (χ0n) is 18.9. The first-order valence-electron chi connectivity index (χ1n) is 10.8. The molecule has 0 aliphatic carbocycles. The molecular formula is C23H25N5O6. The predicted octanol–water partition coefficient (Wildman–Crippen LogP) is 3.51. The molecule has 3 aromatic rings. The highest BCUT2D eigenvalue weighted by atomic mass is 16.6. The predicted molar refractivity (Wildman–Crippen MR) is 123 cm³/mol. The molecule has 2 aromatic carbocycles. The molecule has 1 aliphatic heterocycles. The minimum atomic E-state index is -0.487. The van der Waals surface area contributed by atoms with Gasteiger partial charge in [0, 0.05) is 29.9 Å². The van der Waals surface area contributed by atoms with E-state index in [2.05, 4.69) is 20.4 Å². The molecular weight excluding hydrogens is 442 g/mol. The van der Waals surface area contributed by atoms with Crippen molar-refractivity contribution in [3.05, 3.63) is 58.5 Å². The van der Waals surface area contributed by atoms with E-state index in [1.165, 1.54) is 12.1 Å². The smallest absolute Gasteiger partial charge is 0.271 e. The molecule has 0 radical (unpaired) electrons. The number of piperidine rings is 1. The number of nitro benzene ring substituents is 1. The number of carbonyl (C=O) groups is 1. The lowest BCUT2D eigenvalue weighted by Gasteiger charge is -2.30. The van der Waals surface area contributed by atoms with Gasteiger partial charge in [0.15, 0.2) is 11.5 Å². The average molecular weight is 467 g/mol. The van der Waals surface area contributed by atoms with Gasteiger partial charge in [-0.25, -0.2) is 0 Å². The molecule has 178 valence electrons. The fourth-order valence-electron chi connectivity index (χ4n) is 3.96. The zero-order chi connectivity index (χ0) is 24.1. The van der Waals surface area contributed by atoms with Crippen LogP contribution < -0.4 is 14.8 Å². The number of hydrogen-bond donors (Lipinski definition) is 1. The van der Waals surface area contributed by atoms with Crippen LogP contribution in [0.3, 0.4) is 0 Å². The number of methoxy groups -OCH3 is 2. The molecule has 0 bridgehead atoms. The number of benzene rings is 2. The fraction of sp³-hybridized carbons (Fsp3) is 0.348. The highest BCUT2D eigenvalue weighted by Crippen LogP contribution is 2.31. The van der Waals surface area contributed by atoms with E-state index < -0.39 is 4.92 Å². The van der Waals surface area contributed by atoms with Crippen LogP contribution >= 0.6 is 0 Å². The second-order valence-corrected chi connectivity index (χ2v) is 7.95. The van der Waals surface area contributed by atoms with Gasteiger partial charge in [0.05, 0.1) is 31.6 Å². The summed E-state index contributed by atoms with van der Waals surface area (Å²) in [5.41, 5.74) is 1.08. The van der Waals surface area contributed by atoms with Crippen molar-refractivity contribution in [1.29, 1.82) is 0 Å². The van der Waals surface area contributed by atoms with Gasteiger partial charge in [0.1, 0.15) is 0 Å². The molecule has 1 amide bonds. The van der Waals surface area contributed by atoms with Crippen LogP contribution in [0.5, 0.6) is 11.5 Å². The average Bonchev–Trinajstić information content (AvgIpc) is 3.32. The topological polar surface area (TPSA) is 133 Å². The van der Waals surface area contributed by atoms with Gasteiger partial charge in [-0.1, -0.05) is 11.2 Å². The number of nitrogens with one attached hydrogen (secondary N) is 1. The molecule has 11 nitrogen and oxygen atoms in total. The summed E-state index contributed by atoms with van der Waals surface area (Å²) >= 11 is 0. The third-order valence-electron chi connectivity index (χ3n) is 5.67. The van der Waals surface area contributed by atoms with E-state index in [4.69, 9.17) is 14.0 Å². The maximum Gasteiger partial charge on any atom is 0.271 e. The van der Waals surface area contributed by atoms with Gasteiger partial charge in [0.25, 0.3) is 5.69 Å². The second kappa shape index (κ2) is 10.3. The highest BCUT2D eigenvalue weighted by Gasteiger charge is 2.27. The number of nitro groups is 1. The highest BCUT2D eigenvalue weighted by molar-refractivity contribution is 5.93. The molecule has 1 aliphatic rings. The fourth-order valence-corrected chi connectivity index (χ4v) is 3.96. The van der Waals surface area contributed by atoms with E-state index in [0.717, 1.165) is 24.9 Å². The lowest BCUT2D eigenvalue weighted by molar-refractivity contribution is -0.384. The van der Waals surface area contributed by atoms with Crippen molar-refractivity contribution in [2.24, 2.45) is 5.92 Å². The number of aromatic nitrogens is 2. The number of anilines is 1. The van der Waals surface area contributed by atoms with Crippen molar-refractivity contribution in [1.82, 2.24) is 15.0 Å². The normalized spacial score (nSPS) is 16.1. The second-order valence-electron chi connectivity index (χ2n) is 7.95. The summed E-state index contributed by atoms with van der Waals surface area (Å²) in [7, 11) is 3.13. The number of amides is 1. The molecule has 1 unspecified atom stereocenters. The number of likely N-dealkylation sites (tertiary alicyclic amines) is 1. The Morgan fingerprint density at radius 1 is 1.24 bits per heavy atom. The van der Waals surface area contributed by atoms with Crippen LogP contribution in [0.25, 0.3) is 11.4 Å². The van der Waals surface area contributed by atoms with Crippen molar-refractivity contribution in [3.8, 4) is 22.9 Å². The summed E-state index contributed by atoms with van der Waals surface area (Å²) in [6.45, 7) is 1.74. The van der Waals surface area contributed by atoms with E-state index in [-0.39, 0.29) is 17.5 Å². The standard InChI is InChI=1S/C23H25N5O6/c1-32-19-9-8-15(11-20(19)33-2)22-25-21(34-26-22)14-27-10-4-5-16(13-27)23(29)24-17-6-3-7-18(12-17)28(30)31/h3,6-9,11-12,16H,4-5,10,13-14H2,1-2H3,(H,24,29). The van der Waals surface area contributed by atoms with Gasteiger partial charge in [-0.05, 0) is 43.7 Å². The third kappa shape index (κ3) is 5.31. The first kappa shape index (κ1) is 23.2. The van der Waals surface area contributed by atoms with Crippen LogP contribution in [0.2, 0.25) is 0 Å². The third-order valence-corrected chi connectivity index (χ3v) is 5.67. The summed E-state index contributed by atoms with van der Waals surface area (Å²) < 4.78 is 16.0. The number of hydrogen-bond acceptors (Lipinski definition) is 9. The van der Waals surface area contributed by atoms with Gasteiger partial charge in [-0.2, -0.15) is 4.98 Å². The van der Waals surface area contributed by atoms with Crippen LogP contribution in [0, 0.1) is 16.0 Å². The molecule has 1 aromatic heterocycles. The number of ether oxygens (including phenoxy) is 2. The van der Waals surface area contributed by atoms with E-state index in [1.807, 2.05) is 6.07 Å². The Morgan fingerprint density at radius 2 is 2.06 bits per heavy atom. The van der Waals surface area contributed by atoms with Gasteiger partial charge < -0.3 is 19.3 Å². The van der Waals surface area contributed by atoms with Crippen LogP contribution in [-0.4, -0.2) is 53.2 Å². The van der Waals surface area contributed by atoms with E-state index in [9.17, 15) is 14.9 Å². The maximum absolute atomic E-state index is 12.8. The summed E-state index contributed by atoms with van der Waals surface area (Å²) in [6, 6.07) is 11.3. The maximum atomic E-state index is 12.8.